The first kappa shape index (κ1) is 10.4. The maximum absolute atomic E-state index is 11.8. The van der Waals surface area contributed by atoms with Gasteiger partial charge >= 0.3 is 0 Å². The van der Waals surface area contributed by atoms with Crippen LogP contribution in [0.25, 0.3) is 0 Å². The Balaban J connectivity index is 2.78. The first-order valence-corrected chi connectivity index (χ1v) is 5.62. The third-order valence-corrected chi connectivity index (χ3v) is 3.55. The quantitative estimate of drug-likeness (QED) is 0.723. The zero-order valence-electron chi connectivity index (χ0n) is 8.06. The zero-order chi connectivity index (χ0) is 9.68. The minimum atomic E-state index is -0.988. The molecule has 0 saturated heterocycles. The number of nitrogens with zero attached hydrogens (tertiary/aromatic N) is 1. The lowest BCUT2D eigenvalue weighted by atomic mass is 10.4. The van der Waals surface area contributed by atoms with Gasteiger partial charge in [-0.1, -0.05) is 32.0 Å². The second-order valence-electron chi connectivity index (χ2n) is 2.68. The lowest BCUT2D eigenvalue weighted by molar-refractivity contribution is 0.489. The van der Waals surface area contributed by atoms with Gasteiger partial charge in [-0.2, -0.15) is 0 Å². The van der Waals surface area contributed by atoms with E-state index in [1.54, 1.807) is 0 Å². The third kappa shape index (κ3) is 2.64. The van der Waals surface area contributed by atoms with Crippen LogP contribution in [0.1, 0.15) is 13.8 Å². The predicted molar refractivity (Wildman–Crippen MR) is 55.8 cm³/mol. The Kier molecular flexibility index (Phi) is 4.12. The Bertz CT molecular complexity index is 270. The van der Waals surface area contributed by atoms with Gasteiger partial charge in [0.05, 0.1) is 4.90 Å². The van der Waals surface area contributed by atoms with E-state index in [9.17, 15) is 4.21 Å². The molecule has 1 atom stereocenters. The Hall–Kier alpha value is -0.670. The van der Waals surface area contributed by atoms with Crippen LogP contribution in [0.5, 0.6) is 0 Å². The van der Waals surface area contributed by atoms with Crippen LogP contribution < -0.4 is 0 Å². The summed E-state index contributed by atoms with van der Waals surface area (Å²) >= 11 is 0. The summed E-state index contributed by atoms with van der Waals surface area (Å²) < 4.78 is 13.8. The Morgan fingerprint density at radius 1 is 1.15 bits per heavy atom. The smallest absolute Gasteiger partial charge is 0.127 e. The van der Waals surface area contributed by atoms with Crippen LogP contribution in [-0.2, 0) is 11.0 Å². The summed E-state index contributed by atoms with van der Waals surface area (Å²) in [6.45, 7) is 5.67. The number of benzene rings is 1. The molecule has 0 amide bonds. The summed E-state index contributed by atoms with van der Waals surface area (Å²) in [5.41, 5.74) is 0. The average molecular weight is 197 g/mol. The summed E-state index contributed by atoms with van der Waals surface area (Å²) in [4.78, 5) is 0.881. The zero-order valence-corrected chi connectivity index (χ0v) is 8.88. The van der Waals surface area contributed by atoms with Crippen molar-refractivity contribution in [2.45, 2.75) is 18.7 Å². The highest BCUT2D eigenvalue weighted by molar-refractivity contribution is 7.82. The highest BCUT2D eigenvalue weighted by atomic mass is 32.2. The summed E-state index contributed by atoms with van der Waals surface area (Å²) in [5.74, 6) is 0. The monoisotopic (exact) mass is 197 g/mol. The predicted octanol–water partition coefficient (Wildman–Crippen LogP) is 2.05. The van der Waals surface area contributed by atoms with E-state index in [0.29, 0.717) is 0 Å². The van der Waals surface area contributed by atoms with Crippen molar-refractivity contribution >= 4 is 11.0 Å². The van der Waals surface area contributed by atoms with Crippen LogP contribution in [0, 0.1) is 0 Å². The molecule has 0 heterocycles. The van der Waals surface area contributed by atoms with E-state index in [4.69, 9.17) is 0 Å². The fourth-order valence-corrected chi connectivity index (χ4v) is 2.30. The van der Waals surface area contributed by atoms with Crippen molar-refractivity contribution in [1.82, 2.24) is 4.31 Å². The highest BCUT2D eigenvalue weighted by Crippen LogP contribution is 2.09. The molecular formula is C10H15NOS. The molecule has 2 nitrogen and oxygen atoms in total. The lowest BCUT2D eigenvalue weighted by Crippen LogP contribution is -2.25. The molecule has 13 heavy (non-hydrogen) atoms. The molecule has 0 aliphatic carbocycles. The molecule has 0 aromatic heterocycles. The van der Waals surface area contributed by atoms with Gasteiger partial charge < -0.3 is 0 Å². The molecule has 1 aromatic carbocycles. The van der Waals surface area contributed by atoms with Crippen molar-refractivity contribution in [3.8, 4) is 0 Å². The normalized spacial score (nSPS) is 13.2. The summed E-state index contributed by atoms with van der Waals surface area (Å²) in [7, 11) is -0.988. The van der Waals surface area contributed by atoms with Crippen molar-refractivity contribution in [1.29, 1.82) is 0 Å². The fraction of sp³-hybridized carbons (Fsp3) is 0.400. The highest BCUT2D eigenvalue weighted by Gasteiger charge is 2.09. The van der Waals surface area contributed by atoms with Crippen molar-refractivity contribution in [2.75, 3.05) is 13.1 Å². The maximum Gasteiger partial charge on any atom is 0.127 e. The summed E-state index contributed by atoms with van der Waals surface area (Å²) in [6, 6.07) is 9.55. The van der Waals surface area contributed by atoms with Gasteiger partial charge in [0.25, 0.3) is 0 Å². The molecule has 72 valence electrons. The third-order valence-electron chi connectivity index (χ3n) is 1.88. The molecule has 0 unspecified atom stereocenters. The van der Waals surface area contributed by atoms with E-state index in [1.807, 2.05) is 48.5 Å². The van der Waals surface area contributed by atoms with Gasteiger partial charge in [0.2, 0.25) is 0 Å². The number of hydrogen-bond donors (Lipinski definition) is 0. The Labute approximate surface area is 82.2 Å². The van der Waals surface area contributed by atoms with E-state index in [2.05, 4.69) is 0 Å². The second-order valence-corrected chi connectivity index (χ2v) is 4.16. The van der Waals surface area contributed by atoms with Gasteiger partial charge in [-0.05, 0) is 12.1 Å². The maximum atomic E-state index is 11.8. The van der Waals surface area contributed by atoms with E-state index in [0.717, 1.165) is 18.0 Å². The molecule has 0 saturated carbocycles. The van der Waals surface area contributed by atoms with Gasteiger partial charge in [-0.3, -0.25) is 0 Å². The van der Waals surface area contributed by atoms with Crippen LogP contribution in [-0.4, -0.2) is 21.6 Å². The first-order chi connectivity index (χ1) is 6.29. The van der Waals surface area contributed by atoms with Crippen LogP contribution in [0.3, 0.4) is 0 Å². The van der Waals surface area contributed by atoms with Crippen LogP contribution in [0.15, 0.2) is 35.2 Å². The molecule has 0 aliphatic heterocycles. The molecule has 0 bridgehead atoms. The van der Waals surface area contributed by atoms with E-state index < -0.39 is 11.0 Å². The largest absolute Gasteiger partial charge is 0.237 e. The topological polar surface area (TPSA) is 20.3 Å². The Morgan fingerprint density at radius 2 is 1.69 bits per heavy atom. The molecule has 0 radical (unpaired) electrons. The minimum absolute atomic E-state index is 0.817. The first-order valence-electron chi connectivity index (χ1n) is 4.51. The minimum Gasteiger partial charge on any atom is -0.237 e. The molecule has 0 N–H and O–H groups in total. The fourth-order valence-electron chi connectivity index (χ4n) is 1.14. The standard InChI is InChI=1S/C10H15NOS/c1-3-11(4-2)13(12)10-8-6-5-7-9-10/h5-9H,3-4H2,1-2H3/t13-/m0/s1. The van der Waals surface area contributed by atoms with Gasteiger partial charge in [-0.15, -0.1) is 0 Å². The van der Waals surface area contributed by atoms with Crippen molar-refractivity contribution in [2.24, 2.45) is 0 Å². The van der Waals surface area contributed by atoms with Gasteiger partial charge in [0, 0.05) is 13.1 Å². The number of rotatable bonds is 4. The van der Waals surface area contributed by atoms with Crippen LogP contribution in [0.4, 0.5) is 0 Å². The number of hydrogen-bond acceptors (Lipinski definition) is 1. The van der Waals surface area contributed by atoms with Crippen molar-refractivity contribution in [3.63, 3.8) is 0 Å². The Morgan fingerprint density at radius 3 is 2.15 bits per heavy atom. The van der Waals surface area contributed by atoms with Crippen LogP contribution in [0.2, 0.25) is 0 Å². The van der Waals surface area contributed by atoms with E-state index in [-0.39, 0.29) is 0 Å². The van der Waals surface area contributed by atoms with E-state index >= 15 is 0 Å². The summed E-state index contributed by atoms with van der Waals surface area (Å²) in [6.07, 6.45) is 0. The van der Waals surface area contributed by atoms with E-state index in [1.165, 1.54) is 0 Å². The molecule has 0 fully saturated rings. The van der Waals surface area contributed by atoms with Gasteiger partial charge in [0.15, 0.2) is 0 Å². The van der Waals surface area contributed by atoms with Crippen molar-refractivity contribution in [3.05, 3.63) is 30.3 Å². The van der Waals surface area contributed by atoms with Gasteiger partial charge in [-0.25, -0.2) is 8.51 Å². The van der Waals surface area contributed by atoms with Gasteiger partial charge in [0.1, 0.15) is 11.0 Å². The summed E-state index contributed by atoms with van der Waals surface area (Å²) in [5, 5.41) is 0. The molecule has 1 aromatic rings. The lowest BCUT2D eigenvalue weighted by Gasteiger charge is -2.16. The van der Waals surface area contributed by atoms with Crippen LogP contribution >= 0.6 is 0 Å². The second kappa shape index (κ2) is 5.14. The average Bonchev–Trinajstić information content (AvgIpc) is 2.21. The van der Waals surface area contributed by atoms with Crippen molar-refractivity contribution < 1.29 is 4.21 Å². The molecule has 3 heteroatoms. The SMILES string of the molecule is CCN(CC)[S@@](=O)c1ccccc1. The molecular weight excluding hydrogens is 182 g/mol. The molecule has 1 rings (SSSR count). The molecule has 0 aliphatic rings. The molecule has 0 spiro atoms.